The lowest BCUT2D eigenvalue weighted by molar-refractivity contribution is -0.145. The van der Waals surface area contributed by atoms with E-state index in [4.69, 9.17) is 20.9 Å². The van der Waals surface area contributed by atoms with Gasteiger partial charge in [-0.2, -0.15) is 9.97 Å². The van der Waals surface area contributed by atoms with E-state index in [1.165, 1.54) is 0 Å². The van der Waals surface area contributed by atoms with Crippen LogP contribution in [0.3, 0.4) is 0 Å². The zero-order valence-electron chi connectivity index (χ0n) is 20.9. The molecule has 0 unspecified atom stereocenters. The number of nitrogens with one attached hydrogen (secondary N) is 1. The number of nitrogens with zero attached hydrogens (tertiary/aromatic N) is 5. The SMILES string of the molecule is CCOC(=O)CC(CC(=O)OCC)NC(=O)c1ccc(N(C)Cc2cnc3nc(N)nc(N)c3n2)cc1. The minimum Gasteiger partial charge on any atom is -0.466 e. The predicted octanol–water partition coefficient (Wildman–Crippen LogP) is 1.23. The minimum atomic E-state index is -0.758. The highest BCUT2D eigenvalue weighted by Crippen LogP contribution is 2.19. The molecule has 0 radical (unpaired) electrons. The van der Waals surface area contributed by atoms with Crippen molar-refractivity contribution in [1.29, 1.82) is 0 Å². The van der Waals surface area contributed by atoms with Crippen molar-refractivity contribution in [2.75, 3.05) is 36.6 Å². The Morgan fingerprint density at radius 3 is 2.19 bits per heavy atom. The van der Waals surface area contributed by atoms with Gasteiger partial charge in [0, 0.05) is 18.3 Å². The maximum atomic E-state index is 12.8. The van der Waals surface area contributed by atoms with E-state index in [-0.39, 0.29) is 37.8 Å². The lowest BCUT2D eigenvalue weighted by Gasteiger charge is -2.20. The van der Waals surface area contributed by atoms with E-state index in [1.807, 2.05) is 11.9 Å². The molecule has 5 N–H and O–H groups in total. The molecule has 0 aliphatic carbocycles. The first-order chi connectivity index (χ1) is 17.7. The molecule has 0 bridgehead atoms. The molecule has 0 fully saturated rings. The van der Waals surface area contributed by atoms with Crippen molar-refractivity contribution in [3.8, 4) is 0 Å². The van der Waals surface area contributed by atoms with Crippen LogP contribution in [0.4, 0.5) is 17.5 Å². The smallest absolute Gasteiger partial charge is 0.307 e. The van der Waals surface area contributed by atoms with Crippen LogP contribution in [0.25, 0.3) is 11.2 Å². The number of aromatic nitrogens is 4. The number of nitrogens with two attached hydrogens (primary N) is 2. The van der Waals surface area contributed by atoms with Gasteiger partial charge in [-0.1, -0.05) is 0 Å². The number of carbonyl (C=O) groups is 3. The first-order valence-electron chi connectivity index (χ1n) is 11.7. The van der Waals surface area contributed by atoms with E-state index in [2.05, 4.69) is 25.3 Å². The number of hydrogen-bond donors (Lipinski definition) is 3. The molecule has 0 aliphatic heterocycles. The molecule has 3 rings (SSSR count). The Balaban J connectivity index is 1.67. The summed E-state index contributed by atoms with van der Waals surface area (Å²) in [6.07, 6.45) is 1.29. The third kappa shape index (κ3) is 7.46. The average molecular weight is 511 g/mol. The molecule has 13 heteroatoms. The van der Waals surface area contributed by atoms with Crippen LogP contribution in [-0.2, 0) is 25.6 Å². The van der Waals surface area contributed by atoms with Crippen molar-refractivity contribution in [2.24, 2.45) is 0 Å². The number of nitrogen functional groups attached to an aromatic ring is 2. The van der Waals surface area contributed by atoms with Gasteiger partial charge in [0.05, 0.1) is 50.5 Å². The molecule has 0 aliphatic rings. The predicted molar refractivity (Wildman–Crippen MR) is 136 cm³/mol. The molecule has 1 amide bonds. The van der Waals surface area contributed by atoms with E-state index in [1.54, 1.807) is 44.3 Å². The fourth-order valence-corrected chi connectivity index (χ4v) is 3.55. The van der Waals surface area contributed by atoms with Crippen molar-refractivity contribution in [2.45, 2.75) is 39.3 Å². The molecule has 3 aromatic rings. The number of rotatable bonds is 11. The second-order valence-electron chi connectivity index (χ2n) is 8.09. The van der Waals surface area contributed by atoms with E-state index in [9.17, 15) is 14.4 Å². The lowest BCUT2D eigenvalue weighted by Crippen LogP contribution is -2.38. The van der Waals surface area contributed by atoms with Crippen LogP contribution in [0.15, 0.2) is 30.5 Å². The molecule has 0 saturated carbocycles. The van der Waals surface area contributed by atoms with Crippen LogP contribution >= 0.6 is 0 Å². The first kappa shape index (κ1) is 27.0. The first-order valence-corrected chi connectivity index (χ1v) is 11.7. The van der Waals surface area contributed by atoms with Gasteiger partial charge in [0.15, 0.2) is 17.0 Å². The molecule has 13 nitrogen and oxygen atoms in total. The van der Waals surface area contributed by atoms with Crippen molar-refractivity contribution >= 4 is 46.5 Å². The number of carbonyl (C=O) groups excluding carboxylic acids is 3. The topological polar surface area (TPSA) is 189 Å². The van der Waals surface area contributed by atoms with Crippen LogP contribution in [0.5, 0.6) is 0 Å². The molecular formula is C24H30N8O5. The van der Waals surface area contributed by atoms with Crippen molar-refractivity contribution in [3.63, 3.8) is 0 Å². The van der Waals surface area contributed by atoms with Gasteiger partial charge in [-0.3, -0.25) is 14.4 Å². The third-order valence-electron chi connectivity index (χ3n) is 5.24. The van der Waals surface area contributed by atoms with Gasteiger partial charge in [0.2, 0.25) is 5.95 Å². The van der Waals surface area contributed by atoms with Gasteiger partial charge in [-0.05, 0) is 38.1 Å². The van der Waals surface area contributed by atoms with Crippen LogP contribution in [-0.4, -0.2) is 64.1 Å². The van der Waals surface area contributed by atoms with E-state index in [0.717, 1.165) is 5.69 Å². The Bertz CT molecular complexity index is 1250. The van der Waals surface area contributed by atoms with Gasteiger partial charge in [-0.25, -0.2) is 9.97 Å². The minimum absolute atomic E-state index is 0.0291. The van der Waals surface area contributed by atoms with Crippen LogP contribution in [0.1, 0.15) is 42.7 Å². The monoisotopic (exact) mass is 510 g/mol. The summed E-state index contributed by atoms with van der Waals surface area (Å²) in [6, 6.07) is 6.08. The number of benzene rings is 1. The number of amides is 1. The fraction of sp³-hybridized carbons (Fsp3) is 0.375. The van der Waals surface area contributed by atoms with Crippen molar-refractivity contribution < 1.29 is 23.9 Å². The zero-order chi connectivity index (χ0) is 26.9. The van der Waals surface area contributed by atoms with E-state index in [0.29, 0.717) is 29.0 Å². The second kappa shape index (κ2) is 12.4. The number of hydrogen-bond acceptors (Lipinski definition) is 12. The summed E-state index contributed by atoms with van der Waals surface area (Å²) in [5.74, 6) is -1.27. The van der Waals surface area contributed by atoms with Crippen LogP contribution in [0, 0.1) is 0 Å². The largest absolute Gasteiger partial charge is 0.466 e. The van der Waals surface area contributed by atoms with Gasteiger partial charge in [0.1, 0.15) is 0 Å². The summed E-state index contributed by atoms with van der Waals surface area (Å²) in [6.45, 7) is 4.17. The number of fused-ring (bicyclic) bond motifs is 1. The highest BCUT2D eigenvalue weighted by Gasteiger charge is 2.22. The Morgan fingerprint density at radius 2 is 1.59 bits per heavy atom. The number of ether oxygens (including phenoxy) is 2. The Morgan fingerprint density at radius 1 is 0.973 bits per heavy atom. The van der Waals surface area contributed by atoms with Gasteiger partial charge in [0.25, 0.3) is 5.91 Å². The molecule has 0 atom stereocenters. The Kier molecular flexibility index (Phi) is 9.08. The fourth-order valence-electron chi connectivity index (χ4n) is 3.55. The molecule has 0 saturated heterocycles. The Hall–Kier alpha value is -4.55. The summed E-state index contributed by atoms with van der Waals surface area (Å²) in [5, 5.41) is 2.72. The van der Waals surface area contributed by atoms with Gasteiger partial charge < -0.3 is 31.2 Å². The molecule has 2 aromatic heterocycles. The van der Waals surface area contributed by atoms with Crippen LogP contribution < -0.4 is 21.7 Å². The highest BCUT2D eigenvalue weighted by molar-refractivity contribution is 5.95. The van der Waals surface area contributed by atoms with Crippen molar-refractivity contribution in [3.05, 3.63) is 41.7 Å². The maximum Gasteiger partial charge on any atom is 0.307 e. The summed E-state index contributed by atoms with van der Waals surface area (Å²) < 4.78 is 9.90. The number of esters is 2. The maximum absolute atomic E-state index is 12.8. The summed E-state index contributed by atoms with van der Waals surface area (Å²) in [5.41, 5.74) is 14.0. The quantitative estimate of drug-likeness (QED) is 0.313. The van der Waals surface area contributed by atoms with Crippen molar-refractivity contribution in [1.82, 2.24) is 25.3 Å². The third-order valence-corrected chi connectivity index (χ3v) is 5.24. The van der Waals surface area contributed by atoms with Crippen LogP contribution in [0.2, 0.25) is 0 Å². The standard InChI is InChI=1S/C24H30N8O5/c1-4-36-18(33)10-15(11-19(34)37-5-2)29-23(35)14-6-8-17(9-7-14)32(3)13-16-12-27-22-20(28-16)21(25)30-24(26)31-22/h6-9,12,15H,4-5,10-11,13H2,1-3H3,(H,29,35)(H4,25,26,27,30,31). The lowest BCUT2D eigenvalue weighted by atomic mass is 10.1. The number of anilines is 3. The molecule has 1 aromatic carbocycles. The van der Waals surface area contributed by atoms with Gasteiger partial charge >= 0.3 is 11.9 Å². The molecule has 196 valence electrons. The van der Waals surface area contributed by atoms with Gasteiger partial charge in [-0.15, -0.1) is 0 Å². The zero-order valence-corrected chi connectivity index (χ0v) is 20.9. The molecule has 0 spiro atoms. The average Bonchev–Trinajstić information content (AvgIpc) is 2.84. The molecule has 37 heavy (non-hydrogen) atoms. The summed E-state index contributed by atoms with van der Waals surface area (Å²) in [7, 11) is 1.86. The second-order valence-corrected chi connectivity index (χ2v) is 8.09. The molecule has 2 heterocycles. The molecular weight excluding hydrogens is 480 g/mol. The summed E-state index contributed by atoms with van der Waals surface area (Å²) in [4.78, 5) is 55.3. The van der Waals surface area contributed by atoms with E-state index >= 15 is 0 Å². The Labute approximate surface area is 213 Å². The summed E-state index contributed by atoms with van der Waals surface area (Å²) >= 11 is 0. The van der Waals surface area contributed by atoms with E-state index < -0.39 is 23.9 Å². The highest BCUT2D eigenvalue weighted by atomic mass is 16.5. The normalized spacial score (nSPS) is 10.8.